The van der Waals surface area contributed by atoms with Crippen molar-refractivity contribution in [2.45, 2.75) is 37.4 Å². The molecule has 90 valence electrons. The van der Waals surface area contributed by atoms with Gasteiger partial charge in [0.2, 0.25) is 0 Å². The molecule has 3 rings (SSSR count). The summed E-state index contributed by atoms with van der Waals surface area (Å²) >= 11 is 0. The second-order valence-electron chi connectivity index (χ2n) is 5.08. The van der Waals surface area contributed by atoms with Crippen LogP contribution in [0.5, 0.6) is 0 Å². The van der Waals surface area contributed by atoms with E-state index in [0.29, 0.717) is 18.4 Å². The summed E-state index contributed by atoms with van der Waals surface area (Å²) in [5.74, 6) is -0.645. The zero-order valence-electron chi connectivity index (χ0n) is 9.72. The Bertz CT molecular complexity index is 460. The van der Waals surface area contributed by atoms with E-state index in [2.05, 4.69) is 24.4 Å². The van der Waals surface area contributed by atoms with Crippen molar-refractivity contribution in [2.24, 2.45) is 0 Å². The molecule has 1 aromatic carbocycles. The highest BCUT2D eigenvalue weighted by atomic mass is 16.4. The first-order valence-electron chi connectivity index (χ1n) is 6.08. The number of nitrogens with two attached hydrogens (primary N) is 1. The van der Waals surface area contributed by atoms with Gasteiger partial charge in [-0.25, -0.2) is 0 Å². The minimum atomic E-state index is -0.945. The number of nitrogens with one attached hydrogen (secondary N) is 1. The van der Waals surface area contributed by atoms with E-state index in [1.807, 2.05) is 17.4 Å². The summed E-state index contributed by atoms with van der Waals surface area (Å²) in [4.78, 5) is 11.0. The summed E-state index contributed by atoms with van der Waals surface area (Å²) in [5, 5.41) is 16.5. The highest BCUT2D eigenvalue weighted by Crippen LogP contribution is 2.40. The van der Waals surface area contributed by atoms with Gasteiger partial charge in [-0.15, -0.1) is 0 Å². The Hall–Kier alpha value is -1.55. The van der Waals surface area contributed by atoms with Gasteiger partial charge < -0.3 is 20.5 Å². The van der Waals surface area contributed by atoms with E-state index in [1.54, 1.807) is 0 Å². The molecule has 2 aliphatic heterocycles. The van der Waals surface area contributed by atoms with Gasteiger partial charge in [0.05, 0.1) is 12.0 Å². The van der Waals surface area contributed by atoms with E-state index in [1.165, 1.54) is 5.56 Å². The van der Waals surface area contributed by atoms with Gasteiger partial charge in [0.1, 0.15) is 12.1 Å². The molecule has 1 fully saturated rings. The van der Waals surface area contributed by atoms with Gasteiger partial charge in [-0.2, -0.15) is 0 Å². The van der Waals surface area contributed by atoms with Crippen molar-refractivity contribution in [3.8, 4) is 0 Å². The predicted molar refractivity (Wildman–Crippen MR) is 61.4 cm³/mol. The van der Waals surface area contributed by atoms with E-state index in [0.717, 1.165) is 5.69 Å². The second-order valence-corrected chi connectivity index (χ2v) is 5.08. The molecule has 0 spiro atoms. The van der Waals surface area contributed by atoms with E-state index in [4.69, 9.17) is 0 Å². The van der Waals surface area contributed by atoms with Crippen molar-refractivity contribution in [3.05, 3.63) is 29.8 Å². The van der Waals surface area contributed by atoms with E-state index in [9.17, 15) is 9.90 Å². The molecule has 4 nitrogen and oxygen atoms in total. The van der Waals surface area contributed by atoms with Crippen LogP contribution in [0.25, 0.3) is 0 Å². The van der Waals surface area contributed by atoms with Crippen LogP contribution < -0.4 is 15.7 Å². The number of rotatable bonds is 1. The third kappa shape index (κ3) is 1.60. The number of anilines is 1. The number of benzene rings is 1. The van der Waals surface area contributed by atoms with Gasteiger partial charge >= 0.3 is 0 Å². The van der Waals surface area contributed by atoms with Gasteiger partial charge in [0, 0.05) is 18.0 Å². The molecule has 1 aromatic rings. The van der Waals surface area contributed by atoms with Crippen molar-refractivity contribution in [1.82, 2.24) is 0 Å². The molecular weight excluding hydrogens is 216 g/mol. The van der Waals surface area contributed by atoms with Gasteiger partial charge in [-0.1, -0.05) is 18.2 Å². The number of para-hydroxylation sites is 1. The molecule has 0 aliphatic carbocycles. The fourth-order valence-corrected chi connectivity index (χ4v) is 3.21. The SMILES string of the molecule is C[C@@H]1[NH2+][C@H](C(=O)[O-])C[C@@H]2c3ccccc3N[C@H]12. The first-order valence-corrected chi connectivity index (χ1v) is 6.08. The maximum absolute atomic E-state index is 11.0. The Balaban J connectivity index is 1.94. The Labute approximate surface area is 100 Å². The molecule has 2 aliphatic rings. The predicted octanol–water partition coefficient (Wildman–Crippen LogP) is -0.962. The molecular formula is C13H16N2O2. The zero-order chi connectivity index (χ0) is 12.0. The minimum absolute atomic E-state index is 0.254. The molecule has 0 saturated carbocycles. The topological polar surface area (TPSA) is 68.8 Å². The number of carboxylic acids is 1. The van der Waals surface area contributed by atoms with Crippen molar-refractivity contribution < 1.29 is 15.2 Å². The van der Waals surface area contributed by atoms with Crippen molar-refractivity contribution >= 4 is 11.7 Å². The van der Waals surface area contributed by atoms with Crippen molar-refractivity contribution in [2.75, 3.05) is 5.32 Å². The summed E-state index contributed by atoms with van der Waals surface area (Å²) in [7, 11) is 0. The molecule has 0 unspecified atom stereocenters. The average Bonchev–Trinajstić information content (AvgIpc) is 2.68. The molecule has 0 bridgehead atoms. The third-order valence-corrected chi connectivity index (χ3v) is 4.03. The zero-order valence-corrected chi connectivity index (χ0v) is 9.72. The third-order valence-electron chi connectivity index (χ3n) is 4.03. The van der Waals surface area contributed by atoms with Crippen molar-refractivity contribution in [1.29, 1.82) is 0 Å². The lowest BCUT2D eigenvalue weighted by Gasteiger charge is -2.35. The number of carbonyl (C=O) groups is 1. The van der Waals surface area contributed by atoms with Crippen LogP contribution in [0.4, 0.5) is 5.69 Å². The summed E-state index contributed by atoms with van der Waals surface area (Å²) in [6, 6.07) is 8.35. The molecule has 0 aromatic heterocycles. The quantitative estimate of drug-likeness (QED) is 0.655. The van der Waals surface area contributed by atoms with Crippen LogP contribution in [-0.2, 0) is 4.79 Å². The number of hydrogen-bond donors (Lipinski definition) is 2. The molecule has 3 N–H and O–H groups in total. The first-order chi connectivity index (χ1) is 8.16. The fraction of sp³-hybridized carbons (Fsp3) is 0.462. The highest BCUT2D eigenvalue weighted by molar-refractivity contribution is 5.70. The van der Waals surface area contributed by atoms with Crippen LogP contribution in [0.3, 0.4) is 0 Å². The standard InChI is InChI=1S/C13H16N2O2/c1-7-12-9(6-11(14-7)13(16)17)8-4-2-3-5-10(8)15-12/h2-5,7,9,11-12,14-15H,6H2,1H3,(H,16,17)/t7-,9+,11-,12+/m0/s1. The van der Waals surface area contributed by atoms with Crippen LogP contribution >= 0.6 is 0 Å². The van der Waals surface area contributed by atoms with Crippen LogP contribution in [-0.4, -0.2) is 24.1 Å². The summed E-state index contributed by atoms with van der Waals surface area (Å²) < 4.78 is 0. The largest absolute Gasteiger partial charge is 0.544 e. The number of carbonyl (C=O) groups excluding carboxylic acids is 1. The Kier molecular flexibility index (Phi) is 2.33. The molecule has 0 radical (unpaired) electrons. The van der Waals surface area contributed by atoms with Gasteiger partial charge in [-0.3, -0.25) is 0 Å². The maximum Gasteiger partial charge on any atom is 0.127 e. The smallest absolute Gasteiger partial charge is 0.127 e. The number of aliphatic carboxylic acids is 1. The number of carboxylic acid groups (broad SMARTS) is 1. The van der Waals surface area contributed by atoms with Crippen LogP contribution in [0.15, 0.2) is 24.3 Å². The van der Waals surface area contributed by atoms with Gasteiger partial charge in [0.15, 0.2) is 0 Å². The minimum Gasteiger partial charge on any atom is -0.544 e. The molecule has 0 amide bonds. The molecule has 17 heavy (non-hydrogen) atoms. The fourth-order valence-electron chi connectivity index (χ4n) is 3.21. The first kappa shape index (κ1) is 10.6. The molecule has 2 heterocycles. The lowest BCUT2D eigenvalue weighted by Crippen LogP contribution is -3.01. The van der Waals surface area contributed by atoms with Crippen LogP contribution in [0.2, 0.25) is 0 Å². The average molecular weight is 232 g/mol. The second kappa shape index (κ2) is 3.74. The highest BCUT2D eigenvalue weighted by Gasteiger charge is 2.44. The summed E-state index contributed by atoms with van der Waals surface area (Å²) in [6.07, 6.45) is 0.654. The van der Waals surface area contributed by atoms with Crippen LogP contribution in [0.1, 0.15) is 24.8 Å². The number of fused-ring (bicyclic) bond motifs is 3. The van der Waals surface area contributed by atoms with Gasteiger partial charge in [0.25, 0.3) is 0 Å². The lowest BCUT2D eigenvalue weighted by molar-refractivity contribution is -0.722. The van der Waals surface area contributed by atoms with E-state index in [-0.39, 0.29) is 6.04 Å². The molecule has 1 saturated heterocycles. The summed E-state index contributed by atoms with van der Waals surface area (Å²) in [5.41, 5.74) is 2.41. The monoisotopic (exact) mass is 232 g/mol. The normalized spacial score (nSPS) is 34.6. The number of quaternary nitrogens is 1. The maximum atomic E-state index is 11.0. The van der Waals surface area contributed by atoms with E-state index >= 15 is 0 Å². The number of piperidine rings is 1. The Morgan fingerprint density at radius 3 is 3.00 bits per heavy atom. The number of hydrogen-bond acceptors (Lipinski definition) is 3. The van der Waals surface area contributed by atoms with Gasteiger partial charge in [-0.05, 0) is 18.6 Å². The van der Waals surface area contributed by atoms with Crippen molar-refractivity contribution in [3.63, 3.8) is 0 Å². The van der Waals surface area contributed by atoms with Crippen LogP contribution in [0, 0.1) is 0 Å². The Morgan fingerprint density at radius 1 is 1.47 bits per heavy atom. The molecule has 4 atom stereocenters. The van der Waals surface area contributed by atoms with E-state index < -0.39 is 12.0 Å². The molecule has 4 heteroatoms. The lowest BCUT2D eigenvalue weighted by atomic mass is 9.82. The Morgan fingerprint density at radius 2 is 2.24 bits per heavy atom. The summed E-state index contributed by atoms with van der Waals surface area (Å²) in [6.45, 7) is 2.08.